The summed E-state index contributed by atoms with van der Waals surface area (Å²) in [5, 5.41) is 2.84. The summed E-state index contributed by atoms with van der Waals surface area (Å²) in [7, 11) is -4.14. The van der Waals surface area contributed by atoms with Gasteiger partial charge in [-0.3, -0.25) is 9.52 Å². The Balaban J connectivity index is 1.76. The van der Waals surface area contributed by atoms with E-state index in [1.54, 1.807) is 12.1 Å². The first kappa shape index (κ1) is 23.1. The molecule has 0 saturated heterocycles. The predicted molar refractivity (Wildman–Crippen MR) is 116 cm³/mol. The monoisotopic (exact) mass is 532 g/mol. The lowest BCUT2D eigenvalue weighted by Gasteiger charge is -2.12. The second-order valence-electron chi connectivity index (χ2n) is 6.29. The average molecular weight is 534 g/mol. The highest BCUT2D eigenvalue weighted by molar-refractivity contribution is 9.10. The summed E-state index contributed by atoms with van der Waals surface area (Å²) in [5.41, 5.74) is -0.675. The molecule has 162 valence electrons. The van der Waals surface area contributed by atoms with Crippen molar-refractivity contribution in [3.63, 3.8) is 0 Å². The van der Waals surface area contributed by atoms with Gasteiger partial charge >= 0.3 is 6.18 Å². The van der Waals surface area contributed by atoms with Gasteiger partial charge in [-0.1, -0.05) is 33.6 Å². The Bertz CT molecular complexity index is 1230. The van der Waals surface area contributed by atoms with E-state index in [9.17, 15) is 26.4 Å². The van der Waals surface area contributed by atoms with Crippen molar-refractivity contribution in [2.75, 3.05) is 10.0 Å². The maximum absolute atomic E-state index is 12.8. The molecule has 0 radical (unpaired) electrons. The molecule has 0 aliphatic heterocycles. The van der Waals surface area contributed by atoms with E-state index in [0.717, 1.165) is 12.1 Å². The van der Waals surface area contributed by atoms with Gasteiger partial charge in [-0.2, -0.15) is 13.2 Å². The maximum Gasteiger partial charge on any atom is 0.416 e. The van der Waals surface area contributed by atoms with Crippen LogP contribution in [0.15, 0.2) is 76.1 Å². The molecule has 0 aliphatic rings. The minimum absolute atomic E-state index is 0.191. The Morgan fingerprint density at radius 2 is 1.61 bits per heavy atom. The molecule has 0 atom stereocenters. The van der Waals surface area contributed by atoms with Crippen molar-refractivity contribution in [3.05, 3.63) is 87.4 Å². The Morgan fingerprint density at radius 1 is 0.935 bits per heavy atom. The highest BCUT2D eigenvalue weighted by Crippen LogP contribution is 2.31. The predicted octanol–water partition coefficient (Wildman–Crippen LogP) is 6.17. The number of halogens is 5. The van der Waals surface area contributed by atoms with E-state index in [-0.39, 0.29) is 21.2 Å². The zero-order chi connectivity index (χ0) is 22.8. The number of carbonyl (C=O) groups is 1. The largest absolute Gasteiger partial charge is 0.416 e. The SMILES string of the molecule is O=C(Nc1ccc(S(=O)(=O)Nc2cccc(C(F)(F)F)c2)cc1)c1cc(Br)ccc1Cl. The van der Waals surface area contributed by atoms with Crippen molar-refractivity contribution in [2.24, 2.45) is 0 Å². The number of rotatable bonds is 5. The maximum atomic E-state index is 12.8. The first-order chi connectivity index (χ1) is 14.5. The summed E-state index contributed by atoms with van der Waals surface area (Å²) in [5.74, 6) is -0.496. The summed E-state index contributed by atoms with van der Waals surface area (Å²) in [6.07, 6.45) is -4.60. The number of amides is 1. The zero-order valence-corrected chi connectivity index (χ0v) is 18.5. The summed E-state index contributed by atoms with van der Waals surface area (Å²) >= 11 is 9.27. The van der Waals surface area contributed by atoms with Crippen molar-refractivity contribution in [2.45, 2.75) is 11.1 Å². The smallest absolute Gasteiger partial charge is 0.322 e. The minimum atomic E-state index is -4.60. The topological polar surface area (TPSA) is 75.3 Å². The fraction of sp³-hybridized carbons (Fsp3) is 0.0500. The molecule has 0 saturated carbocycles. The van der Waals surface area contributed by atoms with Crippen LogP contribution < -0.4 is 10.0 Å². The van der Waals surface area contributed by atoms with E-state index in [0.29, 0.717) is 16.2 Å². The van der Waals surface area contributed by atoms with E-state index in [1.807, 2.05) is 0 Å². The third-order valence-corrected chi connectivity index (χ3v) is 6.26. The number of anilines is 2. The van der Waals surface area contributed by atoms with Crippen molar-refractivity contribution >= 4 is 54.8 Å². The van der Waals surface area contributed by atoms with Gasteiger partial charge in [-0.15, -0.1) is 0 Å². The fourth-order valence-corrected chi connectivity index (χ4v) is 4.17. The molecule has 31 heavy (non-hydrogen) atoms. The van der Waals surface area contributed by atoms with Gasteiger partial charge in [-0.25, -0.2) is 8.42 Å². The molecule has 0 aromatic heterocycles. The van der Waals surface area contributed by atoms with Crippen LogP contribution in [-0.4, -0.2) is 14.3 Å². The van der Waals surface area contributed by atoms with Crippen LogP contribution in [0.4, 0.5) is 24.5 Å². The van der Waals surface area contributed by atoms with Gasteiger partial charge in [0, 0.05) is 15.8 Å². The van der Waals surface area contributed by atoms with Gasteiger partial charge in [0.2, 0.25) is 0 Å². The summed E-state index contributed by atoms with van der Waals surface area (Å²) < 4.78 is 66.2. The number of alkyl halides is 3. The molecule has 0 unspecified atom stereocenters. The number of nitrogens with one attached hydrogen (secondary N) is 2. The normalized spacial score (nSPS) is 11.8. The van der Waals surface area contributed by atoms with Gasteiger partial charge in [0.25, 0.3) is 15.9 Å². The number of hydrogen-bond acceptors (Lipinski definition) is 3. The van der Waals surface area contributed by atoms with Crippen molar-refractivity contribution in [1.29, 1.82) is 0 Å². The lowest BCUT2D eigenvalue weighted by molar-refractivity contribution is -0.137. The zero-order valence-electron chi connectivity index (χ0n) is 15.4. The molecule has 3 rings (SSSR count). The van der Waals surface area contributed by atoms with E-state index >= 15 is 0 Å². The van der Waals surface area contributed by atoms with Gasteiger partial charge in [0.05, 0.1) is 21.0 Å². The van der Waals surface area contributed by atoms with Crippen LogP contribution in [0.2, 0.25) is 5.02 Å². The Kier molecular flexibility index (Phi) is 6.63. The highest BCUT2D eigenvalue weighted by atomic mass is 79.9. The van der Waals surface area contributed by atoms with Crippen molar-refractivity contribution in [1.82, 2.24) is 0 Å². The number of hydrogen-bond donors (Lipinski definition) is 2. The fourth-order valence-electron chi connectivity index (χ4n) is 2.56. The van der Waals surface area contributed by atoms with E-state index in [1.165, 1.54) is 36.4 Å². The molecular formula is C20H13BrClF3N2O3S. The van der Waals surface area contributed by atoms with Crippen molar-refractivity contribution < 1.29 is 26.4 Å². The second kappa shape index (κ2) is 8.89. The molecule has 0 spiro atoms. The Hall–Kier alpha value is -2.56. The van der Waals surface area contributed by atoms with E-state index in [4.69, 9.17) is 11.6 Å². The van der Waals surface area contributed by atoms with Crippen LogP contribution in [-0.2, 0) is 16.2 Å². The molecule has 3 aromatic rings. The first-order valence-electron chi connectivity index (χ1n) is 8.52. The van der Waals surface area contributed by atoms with E-state index in [2.05, 4.69) is 26.0 Å². The third kappa shape index (κ3) is 5.78. The van der Waals surface area contributed by atoms with Gasteiger partial charge in [-0.05, 0) is 60.7 Å². The first-order valence-corrected chi connectivity index (χ1v) is 11.2. The second-order valence-corrected chi connectivity index (χ2v) is 9.29. The van der Waals surface area contributed by atoms with Crippen LogP contribution in [0, 0.1) is 0 Å². The minimum Gasteiger partial charge on any atom is -0.322 e. The average Bonchev–Trinajstić information content (AvgIpc) is 2.69. The van der Waals surface area contributed by atoms with Crippen LogP contribution in [0.3, 0.4) is 0 Å². The van der Waals surface area contributed by atoms with E-state index < -0.39 is 27.7 Å². The van der Waals surface area contributed by atoms with Crippen LogP contribution in [0.5, 0.6) is 0 Å². The number of benzene rings is 3. The molecule has 3 aromatic carbocycles. The highest BCUT2D eigenvalue weighted by Gasteiger charge is 2.30. The Labute approximate surface area is 189 Å². The Morgan fingerprint density at radius 3 is 2.26 bits per heavy atom. The van der Waals surface area contributed by atoms with Gasteiger partial charge in [0.15, 0.2) is 0 Å². The third-order valence-electron chi connectivity index (χ3n) is 4.04. The molecule has 0 bridgehead atoms. The number of sulfonamides is 1. The van der Waals surface area contributed by atoms with Crippen LogP contribution in [0.1, 0.15) is 15.9 Å². The molecule has 5 nitrogen and oxygen atoms in total. The summed E-state index contributed by atoms with van der Waals surface area (Å²) in [6.45, 7) is 0. The van der Waals surface area contributed by atoms with Crippen LogP contribution in [0.25, 0.3) is 0 Å². The molecule has 0 heterocycles. The standard InChI is InChI=1S/C20H13BrClF3N2O3S/c21-13-4-9-18(22)17(11-13)19(28)26-14-5-7-16(8-6-14)31(29,30)27-15-3-1-2-12(10-15)20(23,24)25/h1-11,27H,(H,26,28). The summed E-state index contributed by atoms with van der Waals surface area (Å²) in [6, 6.07) is 13.8. The van der Waals surface area contributed by atoms with Gasteiger partial charge in [0.1, 0.15) is 0 Å². The van der Waals surface area contributed by atoms with Crippen molar-refractivity contribution in [3.8, 4) is 0 Å². The van der Waals surface area contributed by atoms with Crippen LogP contribution >= 0.6 is 27.5 Å². The number of carbonyl (C=O) groups excluding carboxylic acids is 1. The molecule has 0 aliphatic carbocycles. The molecular weight excluding hydrogens is 521 g/mol. The lowest BCUT2D eigenvalue weighted by Crippen LogP contribution is -2.15. The molecule has 11 heteroatoms. The lowest BCUT2D eigenvalue weighted by atomic mass is 10.2. The quantitative estimate of drug-likeness (QED) is 0.412. The summed E-state index contributed by atoms with van der Waals surface area (Å²) in [4.78, 5) is 12.2. The molecule has 2 N–H and O–H groups in total. The molecule has 1 amide bonds. The molecule has 0 fully saturated rings. The van der Waals surface area contributed by atoms with Gasteiger partial charge < -0.3 is 5.32 Å².